The van der Waals surface area contributed by atoms with Crippen LogP contribution in [0.4, 0.5) is 0 Å². The lowest BCUT2D eigenvalue weighted by Crippen LogP contribution is -2.49. The minimum Gasteiger partial charge on any atom is -0.359 e. The average Bonchev–Trinajstić information content (AvgIpc) is 3.18. The summed E-state index contributed by atoms with van der Waals surface area (Å²) in [5.41, 5.74) is 0.994. The Morgan fingerprint density at radius 1 is 1.21 bits per heavy atom. The van der Waals surface area contributed by atoms with Crippen molar-refractivity contribution < 1.29 is 4.52 Å². The van der Waals surface area contributed by atoms with Gasteiger partial charge in [-0.05, 0) is 44.4 Å². The van der Waals surface area contributed by atoms with Crippen LogP contribution in [0.5, 0.6) is 0 Å². The third-order valence-corrected chi connectivity index (χ3v) is 6.08. The smallest absolute Gasteiger partial charge is 0.191 e. The van der Waals surface area contributed by atoms with Gasteiger partial charge in [0.2, 0.25) is 0 Å². The Labute approximate surface area is 193 Å². The largest absolute Gasteiger partial charge is 0.359 e. The van der Waals surface area contributed by atoms with Crippen molar-refractivity contribution in [1.29, 1.82) is 0 Å². The molecule has 1 saturated heterocycles. The second-order valence-corrected chi connectivity index (χ2v) is 8.79. The Morgan fingerprint density at radius 3 is 2.55 bits per heavy atom. The molecular formula is C22H40IN5O. The van der Waals surface area contributed by atoms with Crippen LogP contribution < -0.4 is 10.6 Å². The molecule has 0 amide bonds. The number of likely N-dealkylation sites (tertiary alicyclic amines) is 1. The number of nitrogens with zero attached hydrogens (tertiary/aromatic N) is 3. The molecule has 2 heterocycles. The van der Waals surface area contributed by atoms with E-state index in [-0.39, 0.29) is 24.0 Å². The van der Waals surface area contributed by atoms with Gasteiger partial charge in [-0.15, -0.1) is 24.0 Å². The molecule has 3 rings (SSSR count). The zero-order chi connectivity index (χ0) is 19.8. The van der Waals surface area contributed by atoms with Gasteiger partial charge in [0, 0.05) is 38.3 Å². The quantitative estimate of drug-likeness (QED) is 0.317. The number of hydrogen-bond donors (Lipinski definition) is 2. The van der Waals surface area contributed by atoms with Crippen molar-refractivity contribution in [3.8, 4) is 0 Å². The molecule has 1 aromatic heterocycles. The van der Waals surface area contributed by atoms with E-state index in [0.29, 0.717) is 18.5 Å². The second-order valence-electron chi connectivity index (χ2n) is 8.79. The van der Waals surface area contributed by atoms with Crippen LogP contribution in [0, 0.1) is 5.92 Å². The molecule has 1 aromatic rings. The molecule has 0 bridgehead atoms. The van der Waals surface area contributed by atoms with Gasteiger partial charge in [-0.3, -0.25) is 0 Å². The molecule has 29 heavy (non-hydrogen) atoms. The van der Waals surface area contributed by atoms with Crippen LogP contribution in [-0.2, 0) is 6.54 Å². The van der Waals surface area contributed by atoms with Crippen molar-refractivity contribution in [1.82, 2.24) is 20.7 Å². The van der Waals surface area contributed by atoms with Crippen molar-refractivity contribution >= 4 is 29.9 Å². The summed E-state index contributed by atoms with van der Waals surface area (Å²) >= 11 is 0. The summed E-state index contributed by atoms with van der Waals surface area (Å²) in [5.74, 6) is 3.03. The predicted octanol–water partition coefficient (Wildman–Crippen LogP) is 4.52. The molecule has 166 valence electrons. The second kappa shape index (κ2) is 12.8. The summed E-state index contributed by atoms with van der Waals surface area (Å²) in [4.78, 5) is 7.39. The summed E-state index contributed by atoms with van der Waals surface area (Å²) in [6, 6.07) is 2.52. The fourth-order valence-electron chi connectivity index (χ4n) is 4.34. The third kappa shape index (κ3) is 8.07. The van der Waals surface area contributed by atoms with Crippen molar-refractivity contribution in [2.45, 2.75) is 84.2 Å². The highest BCUT2D eigenvalue weighted by atomic mass is 127. The van der Waals surface area contributed by atoms with Gasteiger partial charge in [0.1, 0.15) is 6.54 Å². The lowest BCUT2D eigenvalue weighted by molar-refractivity contribution is 0.160. The van der Waals surface area contributed by atoms with E-state index in [1.165, 1.54) is 64.6 Å². The summed E-state index contributed by atoms with van der Waals surface area (Å²) in [5, 5.41) is 11.1. The number of aromatic nitrogens is 1. The first-order chi connectivity index (χ1) is 13.6. The standard InChI is InChI=1S/C22H39N5O.HI/c1-4-23-22(24-15-20-14-21(17(2)3)26-28-20)25-19-10-12-27(13-11-19)16-18-8-6-5-7-9-18;/h14,17-19H,4-13,15-16H2,1-3H3,(H2,23,24,25);1H. The first-order valence-corrected chi connectivity index (χ1v) is 11.4. The highest BCUT2D eigenvalue weighted by Crippen LogP contribution is 2.25. The molecule has 0 atom stereocenters. The number of aliphatic imine (C=N–C) groups is 1. The lowest BCUT2D eigenvalue weighted by Gasteiger charge is -2.36. The number of nitrogens with one attached hydrogen (secondary N) is 2. The Bertz CT molecular complexity index is 604. The van der Waals surface area contributed by atoms with E-state index in [0.717, 1.165) is 29.9 Å². The fourth-order valence-corrected chi connectivity index (χ4v) is 4.34. The van der Waals surface area contributed by atoms with Crippen LogP contribution in [0.2, 0.25) is 0 Å². The highest BCUT2D eigenvalue weighted by Gasteiger charge is 2.23. The van der Waals surface area contributed by atoms with Gasteiger partial charge < -0.3 is 20.1 Å². The fraction of sp³-hybridized carbons (Fsp3) is 0.818. The summed E-state index contributed by atoms with van der Waals surface area (Å²) < 4.78 is 5.41. The van der Waals surface area contributed by atoms with Gasteiger partial charge in [0.15, 0.2) is 11.7 Å². The van der Waals surface area contributed by atoms with Crippen molar-refractivity contribution in [2.75, 3.05) is 26.2 Å². The Hall–Kier alpha value is -0.830. The van der Waals surface area contributed by atoms with Gasteiger partial charge in [0.25, 0.3) is 0 Å². The maximum absolute atomic E-state index is 5.41. The third-order valence-electron chi connectivity index (χ3n) is 6.08. The Morgan fingerprint density at radius 2 is 1.93 bits per heavy atom. The molecule has 1 aliphatic carbocycles. The van der Waals surface area contributed by atoms with Crippen molar-refractivity contribution in [3.63, 3.8) is 0 Å². The molecule has 1 saturated carbocycles. The van der Waals surface area contributed by atoms with E-state index in [2.05, 4.69) is 41.5 Å². The number of piperidine rings is 1. The van der Waals surface area contributed by atoms with Gasteiger partial charge in [-0.1, -0.05) is 38.3 Å². The van der Waals surface area contributed by atoms with Gasteiger partial charge in [0.05, 0.1) is 5.69 Å². The summed E-state index contributed by atoms with van der Waals surface area (Å²) in [7, 11) is 0. The van der Waals surface area contributed by atoms with Crippen LogP contribution in [0.15, 0.2) is 15.6 Å². The van der Waals surface area contributed by atoms with Gasteiger partial charge in [-0.2, -0.15) is 0 Å². The summed E-state index contributed by atoms with van der Waals surface area (Å²) in [6.07, 6.45) is 9.59. The molecule has 2 N–H and O–H groups in total. The van der Waals surface area contributed by atoms with E-state index < -0.39 is 0 Å². The first-order valence-electron chi connectivity index (χ1n) is 11.4. The zero-order valence-electron chi connectivity index (χ0n) is 18.5. The van der Waals surface area contributed by atoms with Crippen LogP contribution in [-0.4, -0.2) is 48.2 Å². The van der Waals surface area contributed by atoms with Crippen LogP contribution >= 0.6 is 24.0 Å². The van der Waals surface area contributed by atoms with E-state index in [9.17, 15) is 0 Å². The zero-order valence-corrected chi connectivity index (χ0v) is 20.8. The van der Waals surface area contributed by atoms with E-state index in [1.807, 2.05) is 6.07 Å². The lowest BCUT2D eigenvalue weighted by atomic mass is 9.88. The maximum Gasteiger partial charge on any atom is 0.191 e. The van der Waals surface area contributed by atoms with Gasteiger partial charge in [-0.25, -0.2) is 4.99 Å². The van der Waals surface area contributed by atoms with Crippen LogP contribution in [0.25, 0.3) is 0 Å². The highest BCUT2D eigenvalue weighted by molar-refractivity contribution is 14.0. The number of hydrogen-bond acceptors (Lipinski definition) is 4. The molecule has 0 unspecified atom stereocenters. The average molecular weight is 518 g/mol. The molecule has 1 aliphatic heterocycles. The minimum absolute atomic E-state index is 0. The molecule has 0 spiro atoms. The van der Waals surface area contributed by atoms with E-state index in [1.54, 1.807) is 0 Å². The Kier molecular flexibility index (Phi) is 10.8. The molecular weight excluding hydrogens is 477 g/mol. The molecule has 2 aliphatic rings. The molecule has 0 radical (unpaired) electrons. The predicted molar refractivity (Wildman–Crippen MR) is 130 cm³/mol. The number of halogens is 1. The maximum atomic E-state index is 5.41. The first kappa shape index (κ1) is 24.4. The Balaban J connectivity index is 0.00000300. The van der Waals surface area contributed by atoms with E-state index >= 15 is 0 Å². The molecule has 7 heteroatoms. The van der Waals surface area contributed by atoms with Crippen LogP contribution in [0.1, 0.15) is 83.1 Å². The molecule has 6 nitrogen and oxygen atoms in total. The normalized spacial score (nSPS) is 19.9. The number of guanidine groups is 1. The monoisotopic (exact) mass is 517 g/mol. The van der Waals surface area contributed by atoms with Crippen LogP contribution in [0.3, 0.4) is 0 Å². The molecule has 2 fully saturated rings. The SMILES string of the molecule is CCNC(=NCc1cc(C(C)C)no1)NC1CCN(CC2CCCCC2)CC1.I. The van der Waals surface area contributed by atoms with E-state index in [4.69, 9.17) is 9.52 Å². The molecule has 0 aromatic carbocycles. The van der Waals surface area contributed by atoms with Crippen molar-refractivity contribution in [2.24, 2.45) is 10.9 Å². The number of rotatable bonds is 7. The summed E-state index contributed by atoms with van der Waals surface area (Å²) in [6.45, 7) is 11.4. The van der Waals surface area contributed by atoms with Crippen molar-refractivity contribution in [3.05, 3.63) is 17.5 Å². The minimum atomic E-state index is 0. The van der Waals surface area contributed by atoms with Gasteiger partial charge >= 0.3 is 0 Å². The topological polar surface area (TPSA) is 65.7 Å².